The SMILES string of the molecule is N#CC(Cl)(Cl)c1cccnc1. The van der Waals surface area contributed by atoms with Crippen LogP contribution in [0.15, 0.2) is 24.5 Å². The maximum absolute atomic E-state index is 8.51. The highest BCUT2D eigenvalue weighted by molar-refractivity contribution is 6.49. The predicted molar refractivity (Wildman–Crippen MR) is 43.2 cm³/mol. The van der Waals surface area contributed by atoms with E-state index < -0.39 is 4.33 Å². The van der Waals surface area contributed by atoms with Crippen LogP contribution in [0.5, 0.6) is 0 Å². The second-order valence-corrected chi connectivity index (χ2v) is 3.26. The summed E-state index contributed by atoms with van der Waals surface area (Å²) in [5.41, 5.74) is 0.492. The fourth-order valence-corrected chi connectivity index (χ4v) is 0.837. The van der Waals surface area contributed by atoms with Crippen molar-refractivity contribution < 1.29 is 0 Å². The molecule has 1 rings (SSSR count). The summed E-state index contributed by atoms with van der Waals surface area (Å²) in [6.45, 7) is 0. The molecule has 0 radical (unpaired) electrons. The zero-order valence-electron chi connectivity index (χ0n) is 5.46. The summed E-state index contributed by atoms with van der Waals surface area (Å²) in [6.07, 6.45) is 3.05. The fraction of sp³-hybridized carbons (Fsp3) is 0.143. The molecule has 0 spiro atoms. The zero-order chi connectivity index (χ0) is 8.32. The molecule has 11 heavy (non-hydrogen) atoms. The number of halogens is 2. The van der Waals surface area contributed by atoms with Crippen molar-refractivity contribution in [3.8, 4) is 6.07 Å². The number of rotatable bonds is 1. The molecule has 0 unspecified atom stereocenters. The lowest BCUT2D eigenvalue weighted by Crippen LogP contribution is -2.06. The Bertz CT molecular complexity index is 276. The summed E-state index contributed by atoms with van der Waals surface area (Å²) in [6, 6.07) is 5.07. The van der Waals surface area contributed by atoms with E-state index in [1.807, 2.05) is 0 Å². The second kappa shape index (κ2) is 3.08. The van der Waals surface area contributed by atoms with Crippen LogP contribution in [0.2, 0.25) is 0 Å². The van der Waals surface area contributed by atoms with Crippen LogP contribution in [0.25, 0.3) is 0 Å². The minimum atomic E-state index is -1.48. The van der Waals surface area contributed by atoms with Crippen molar-refractivity contribution in [3.05, 3.63) is 30.1 Å². The molecule has 0 atom stereocenters. The lowest BCUT2D eigenvalue weighted by Gasteiger charge is -2.08. The largest absolute Gasteiger partial charge is 0.264 e. The fourth-order valence-electron chi connectivity index (χ4n) is 0.613. The Morgan fingerprint density at radius 2 is 2.27 bits per heavy atom. The summed E-state index contributed by atoms with van der Waals surface area (Å²) in [5, 5.41) is 8.51. The first kappa shape index (κ1) is 8.32. The molecule has 0 aliphatic heterocycles. The summed E-state index contributed by atoms with van der Waals surface area (Å²) in [7, 11) is 0. The summed E-state index contributed by atoms with van der Waals surface area (Å²) in [5.74, 6) is 0. The van der Waals surface area contributed by atoms with Crippen molar-refractivity contribution >= 4 is 23.2 Å². The molecule has 0 saturated heterocycles. The van der Waals surface area contributed by atoms with Gasteiger partial charge in [0.15, 0.2) is 0 Å². The van der Waals surface area contributed by atoms with Crippen LogP contribution in [0.3, 0.4) is 0 Å². The Labute approximate surface area is 74.4 Å². The molecule has 0 fully saturated rings. The van der Waals surface area contributed by atoms with E-state index in [1.54, 1.807) is 24.4 Å². The number of hydrogen-bond acceptors (Lipinski definition) is 2. The van der Waals surface area contributed by atoms with Gasteiger partial charge >= 0.3 is 0 Å². The molecule has 0 bridgehead atoms. The first-order valence-electron chi connectivity index (χ1n) is 2.86. The Morgan fingerprint density at radius 3 is 2.73 bits per heavy atom. The van der Waals surface area contributed by atoms with E-state index in [1.165, 1.54) is 6.20 Å². The molecular formula is C7H4Cl2N2. The number of alkyl halides is 2. The minimum Gasteiger partial charge on any atom is -0.264 e. The highest BCUT2D eigenvalue weighted by atomic mass is 35.5. The quantitative estimate of drug-likeness (QED) is 0.632. The molecule has 0 amide bonds. The van der Waals surface area contributed by atoms with Crippen LogP contribution in [0.1, 0.15) is 5.56 Å². The van der Waals surface area contributed by atoms with Crippen molar-refractivity contribution in [1.29, 1.82) is 5.26 Å². The lowest BCUT2D eigenvalue weighted by molar-refractivity contribution is 1.08. The summed E-state index contributed by atoms with van der Waals surface area (Å²) in [4.78, 5) is 3.78. The van der Waals surface area contributed by atoms with Crippen molar-refractivity contribution in [2.45, 2.75) is 4.33 Å². The molecule has 1 heterocycles. The van der Waals surface area contributed by atoms with Crippen molar-refractivity contribution in [2.24, 2.45) is 0 Å². The third-order valence-electron chi connectivity index (χ3n) is 1.16. The average molecular weight is 187 g/mol. The molecular weight excluding hydrogens is 183 g/mol. The molecule has 56 valence electrons. The van der Waals surface area contributed by atoms with Gasteiger partial charge in [-0.1, -0.05) is 29.3 Å². The molecule has 2 nitrogen and oxygen atoms in total. The van der Waals surface area contributed by atoms with Crippen molar-refractivity contribution in [3.63, 3.8) is 0 Å². The number of nitriles is 1. The van der Waals surface area contributed by atoms with Gasteiger partial charge in [-0.05, 0) is 6.07 Å². The molecule has 1 aromatic heterocycles. The first-order valence-corrected chi connectivity index (χ1v) is 3.62. The highest BCUT2D eigenvalue weighted by Crippen LogP contribution is 2.31. The van der Waals surface area contributed by atoms with Crippen LogP contribution in [0.4, 0.5) is 0 Å². The van der Waals surface area contributed by atoms with Gasteiger partial charge < -0.3 is 0 Å². The molecule has 0 aromatic carbocycles. The predicted octanol–water partition coefficient (Wildman–Crippen LogP) is 2.24. The smallest absolute Gasteiger partial charge is 0.229 e. The van der Waals surface area contributed by atoms with Gasteiger partial charge in [0.05, 0.1) is 0 Å². The Kier molecular flexibility index (Phi) is 2.33. The maximum atomic E-state index is 8.51. The zero-order valence-corrected chi connectivity index (χ0v) is 6.97. The topological polar surface area (TPSA) is 36.7 Å². The monoisotopic (exact) mass is 186 g/mol. The van der Waals surface area contributed by atoms with Gasteiger partial charge in [0.2, 0.25) is 4.33 Å². The molecule has 0 aliphatic rings. The Balaban J connectivity index is 3.05. The first-order chi connectivity index (χ1) is 5.17. The minimum absolute atomic E-state index is 0.492. The van der Waals surface area contributed by atoms with Gasteiger partial charge in [0.25, 0.3) is 0 Å². The van der Waals surface area contributed by atoms with Gasteiger partial charge in [-0.25, -0.2) is 0 Å². The van der Waals surface area contributed by atoms with Crippen molar-refractivity contribution in [1.82, 2.24) is 4.98 Å². The van der Waals surface area contributed by atoms with Gasteiger partial charge in [0, 0.05) is 18.0 Å². The summed E-state index contributed by atoms with van der Waals surface area (Å²) >= 11 is 11.2. The van der Waals surface area contributed by atoms with Gasteiger partial charge in [-0.3, -0.25) is 4.98 Å². The van der Waals surface area contributed by atoms with E-state index in [4.69, 9.17) is 28.5 Å². The molecule has 0 saturated carbocycles. The summed E-state index contributed by atoms with van der Waals surface area (Å²) < 4.78 is -1.48. The lowest BCUT2D eigenvalue weighted by atomic mass is 10.2. The molecule has 1 aromatic rings. The van der Waals surface area contributed by atoms with E-state index in [0.29, 0.717) is 5.56 Å². The number of hydrogen-bond donors (Lipinski definition) is 0. The number of aromatic nitrogens is 1. The van der Waals surface area contributed by atoms with E-state index >= 15 is 0 Å². The van der Waals surface area contributed by atoms with E-state index in [2.05, 4.69) is 4.98 Å². The van der Waals surface area contributed by atoms with Crippen LogP contribution in [0, 0.1) is 11.3 Å². The van der Waals surface area contributed by atoms with Crippen LogP contribution in [-0.2, 0) is 4.33 Å². The second-order valence-electron chi connectivity index (χ2n) is 1.93. The third kappa shape index (κ3) is 1.83. The molecule has 0 N–H and O–H groups in total. The Morgan fingerprint density at radius 1 is 1.55 bits per heavy atom. The Hall–Kier alpha value is -0.780. The number of pyridine rings is 1. The van der Waals surface area contributed by atoms with E-state index in [9.17, 15) is 0 Å². The van der Waals surface area contributed by atoms with Crippen LogP contribution >= 0.6 is 23.2 Å². The van der Waals surface area contributed by atoms with Crippen LogP contribution < -0.4 is 0 Å². The normalized spacial score (nSPS) is 10.6. The molecule has 4 heteroatoms. The van der Waals surface area contributed by atoms with Gasteiger partial charge in [0.1, 0.15) is 6.07 Å². The van der Waals surface area contributed by atoms with Gasteiger partial charge in [-0.2, -0.15) is 5.26 Å². The standard InChI is InChI=1S/C7H4Cl2N2/c8-7(9,5-10)6-2-1-3-11-4-6/h1-4H. The van der Waals surface area contributed by atoms with Crippen LogP contribution in [-0.4, -0.2) is 4.98 Å². The van der Waals surface area contributed by atoms with Crippen molar-refractivity contribution in [2.75, 3.05) is 0 Å². The molecule has 0 aliphatic carbocycles. The average Bonchev–Trinajstić information content (AvgIpc) is 2.06. The van der Waals surface area contributed by atoms with E-state index in [0.717, 1.165) is 0 Å². The maximum Gasteiger partial charge on any atom is 0.229 e. The third-order valence-corrected chi connectivity index (χ3v) is 1.77. The number of nitrogens with zero attached hydrogens (tertiary/aromatic N) is 2. The highest BCUT2D eigenvalue weighted by Gasteiger charge is 2.25. The van der Waals surface area contributed by atoms with E-state index in [-0.39, 0.29) is 0 Å². The van der Waals surface area contributed by atoms with Gasteiger partial charge in [-0.15, -0.1) is 0 Å².